The van der Waals surface area contributed by atoms with Crippen LogP contribution in [-0.4, -0.2) is 46.1 Å². The number of aliphatic hydroxyl groups excluding tert-OH is 3. The molecule has 0 aliphatic rings. The minimum Gasteiger partial charge on any atom is -0.394 e. The number of carbonyl (C=O) groups excluding carboxylic acids is 1. The lowest BCUT2D eigenvalue weighted by atomic mass is 10.0. The first-order chi connectivity index (χ1) is 24.1. The Labute approximate surface area is 304 Å². The minimum atomic E-state index is -1.16. The van der Waals surface area contributed by atoms with Crippen molar-refractivity contribution in [3.05, 3.63) is 36.5 Å². The molecule has 0 aromatic carbocycles. The van der Waals surface area contributed by atoms with Crippen molar-refractivity contribution in [3.8, 4) is 0 Å². The molecule has 5 nitrogen and oxygen atoms in total. The molecule has 49 heavy (non-hydrogen) atoms. The quantitative estimate of drug-likeness (QED) is 0.0384. The minimum absolute atomic E-state index is 0.162. The summed E-state index contributed by atoms with van der Waals surface area (Å²) in [4.78, 5) is 12.4. The average Bonchev–Trinajstić information content (AvgIpc) is 3.10. The van der Waals surface area contributed by atoms with Crippen molar-refractivity contribution >= 4 is 5.91 Å². The van der Waals surface area contributed by atoms with Gasteiger partial charge in [-0.25, -0.2) is 0 Å². The van der Waals surface area contributed by atoms with E-state index in [0.29, 0.717) is 12.8 Å². The summed E-state index contributed by atoms with van der Waals surface area (Å²) in [6.07, 6.45) is 48.5. The third-order valence-electron chi connectivity index (χ3n) is 9.70. The maximum atomic E-state index is 12.4. The highest BCUT2D eigenvalue weighted by Crippen LogP contribution is 2.15. The Bertz CT molecular complexity index is 764. The molecule has 0 aromatic heterocycles. The van der Waals surface area contributed by atoms with Crippen molar-refractivity contribution in [3.63, 3.8) is 0 Å². The number of unbranched alkanes of at least 4 members (excludes halogenated alkanes) is 24. The van der Waals surface area contributed by atoms with Crippen LogP contribution in [0.3, 0.4) is 0 Å². The van der Waals surface area contributed by atoms with E-state index in [1.165, 1.54) is 135 Å². The predicted molar refractivity (Wildman–Crippen MR) is 213 cm³/mol. The average molecular weight is 690 g/mol. The first-order valence-electron chi connectivity index (χ1n) is 21.3. The molecule has 0 aliphatic heterocycles. The molecule has 0 saturated carbocycles. The van der Waals surface area contributed by atoms with E-state index < -0.39 is 18.2 Å². The van der Waals surface area contributed by atoms with E-state index in [9.17, 15) is 20.1 Å². The van der Waals surface area contributed by atoms with Crippen LogP contribution in [0.25, 0.3) is 0 Å². The number of hydrogen-bond donors (Lipinski definition) is 4. The molecule has 3 atom stereocenters. The molecular weight excluding hydrogens is 606 g/mol. The van der Waals surface area contributed by atoms with E-state index >= 15 is 0 Å². The van der Waals surface area contributed by atoms with Gasteiger partial charge in [-0.1, -0.05) is 172 Å². The number of amides is 1. The van der Waals surface area contributed by atoms with Crippen LogP contribution in [0.2, 0.25) is 0 Å². The van der Waals surface area contributed by atoms with Gasteiger partial charge in [0.15, 0.2) is 0 Å². The SMILES string of the molecule is CC/C=C/CC/C=C/CCCC(O)C(O)C(CO)NC(=O)CCCCCCCCCCCC/C=C\CCCCCCCCCCCCCC. The zero-order valence-corrected chi connectivity index (χ0v) is 32.6. The molecule has 0 rings (SSSR count). The zero-order chi connectivity index (χ0) is 35.9. The lowest BCUT2D eigenvalue weighted by molar-refractivity contribution is -0.124. The van der Waals surface area contributed by atoms with Crippen LogP contribution in [0.5, 0.6) is 0 Å². The van der Waals surface area contributed by atoms with Gasteiger partial charge in [-0.2, -0.15) is 0 Å². The summed E-state index contributed by atoms with van der Waals surface area (Å²) in [5.74, 6) is -0.162. The normalized spacial score (nSPS) is 14.0. The second-order valence-corrected chi connectivity index (χ2v) is 14.5. The van der Waals surface area contributed by atoms with Gasteiger partial charge in [0.05, 0.1) is 18.8 Å². The fourth-order valence-corrected chi connectivity index (χ4v) is 6.42. The first-order valence-corrected chi connectivity index (χ1v) is 21.3. The summed E-state index contributed by atoms with van der Waals surface area (Å²) in [5.41, 5.74) is 0. The monoisotopic (exact) mass is 690 g/mol. The third kappa shape index (κ3) is 34.8. The Morgan fingerprint density at radius 1 is 0.510 bits per heavy atom. The van der Waals surface area contributed by atoms with Crippen molar-refractivity contribution in [2.24, 2.45) is 0 Å². The van der Waals surface area contributed by atoms with Gasteiger partial charge < -0.3 is 20.6 Å². The summed E-state index contributed by atoms with van der Waals surface area (Å²) in [7, 11) is 0. The number of carbonyl (C=O) groups is 1. The number of hydrogen-bond acceptors (Lipinski definition) is 4. The van der Waals surface area contributed by atoms with E-state index in [2.05, 4.69) is 55.6 Å². The van der Waals surface area contributed by atoms with Gasteiger partial charge in [-0.05, 0) is 70.6 Å². The molecule has 0 fully saturated rings. The van der Waals surface area contributed by atoms with Gasteiger partial charge >= 0.3 is 0 Å². The molecular formula is C44H83NO4. The maximum absolute atomic E-state index is 12.4. The highest BCUT2D eigenvalue weighted by atomic mass is 16.3. The maximum Gasteiger partial charge on any atom is 0.220 e. The fourth-order valence-electron chi connectivity index (χ4n) is 6.42. The van der Waals surface area contributed by atoms with Gasteiger partial charge in [0.2, 0.25) is 5.91 Å². The molecule has 0 aromatic rings. The molecule has 0 aliphatic carbocycles. The number of nitrogens with one attached hydrogen (secondary N) is 1. The Hall–Kier alpha value is -1.43. The summed E-state index contributed by atoms with van der Waals surface area (Å²) in [5, 5.41) is 33.2. The van der Waals surface area contributed by atoms with Crippen LogP contribution in [0.4, 0.5) is 0 Å². The molecule has 288 valence electrons. The molecule has 1 amide bonds. The Morgan fingerprint density at radius 3 is 1.35 bits per heavy atom. The van der Waals surface area contributed by atoms with E-state index in [1.54, 1.807) is 0 Å². The van der Waals surface area contributed by atoms with E-state index in [1.807, 2.05) is 0 Å². The number of aliphatic hydroxyl groups is 3. The topological polar surface area (TPSA) is 89.8 Å². The van der Waals surface area contributed by atoms with E-state index in [4.69, 9.17) is 0 Å². The first kappa shape index (κ1) is 47.6. The molecule has 3 unspecified atom stereocenters. The molecule has 0 heterocycles. The van der Waals surface area contributed by atoms with Crippen molar-refractivity contribution < 1.29 is 20.1 Å². The van der Waals surface area contributed by atoms with E-state index in [-0.39, 0.29) is 12.5 Å². The highest BCUT2D eigenvalue weighted by molar-refractivity contribution is 5.76. The van der Waals surface area contributed by atoms with Crippen LogP contribution < -0.4 is 5.32 Å². The number of rotatable bonds is 38. The molecule has 0 radical (unpaired) electrons. The lowest BCUT2D eigenvalue weighted by Gasteiger charge is -2.26. The van der Waals surface area contributed by atoms with Gasteiger partial charge in [0.25, 0.3) is 0 Å². The molecule has 0 bridgehead atoms. The standard InChI is InChI=1S/C44H83NO4/c1-3-5-7-9-11-13-14-15-16-17-18-19-20-21-22-23-24-25-26-27-28-29-31-33-35-37-39-43(48)45-41(40-46)44(49)42(47)38-36-34-32-30-12-10-8-6-4-2/h6,8,21-22,30,32,41-42,44,46-47,49H,3-5,7,9-20,23-29,31,33-40H2,1-2H3,(H,45,48)/b8-6+,22-21-,32-30+. The van der Waals surface area contributed by atoms with Crippen molar-refractivity contribution in [2.75, 3.05) is 6.61 Å². The van der Waals surface area contributed by atoms with Gasteiger partial charge in [-0.15, -0.1) is 0 Å². The van der Waals surface area contributed by atoms with Crippen LogP contribution in [0.15, 0.2) is 36.5 Å². The van der Waals surface area contributed by atoms with Gasteiger partial charge in [0.1, 0.15) is 6.10 Å². The summed E-state index contributed by atoms with van der Waals surface area (Å²) < 4.78 is 0. The molecule has 5 heteroatoms. The van der Waals surface area contributed by atoms with Crippen molar-refractivity contribution in [1.29, 1.82) is 0 Å². The van der Waals surface area contributed by atoms with Crippen LogP contribution >= 0.6 is 0 Å². The van der Waals surface area contributed by atoms with E-state index in [0.717, 1.165) is 51.4 Å². The second kappa shape index (κ2) is 39.4. The number of allylic oxidation sites excluding steroid dienone is 6. The molecule has 0 spiro atoms. The molecule has 0 saturated heterocycles. The summed E-state index contributed by atoms with van der Waals surface area (Å²) >= 11 is 0. The largest absolute Gasteiger partial charge is 0.394 e. The summed E-state index contributed by atoms with van der Waals surface area (Å²) in [6.45, 7) is 4.03. The Morgan fingerprint density at radius 2 is 0.898 bits per heavy atom. The Balaban J connectivity index is 3.56. The summed E-state index contributed by atoms with van der Waals surface area (Å²) in [6, 6.07) is -0.830. The molecule has 4 N–H and O–H groups in total. The zero-order valence-electron chi connectivity index (χ0n) is 32.6. The van der Waals surface area contributed by atoms with Crippen molar-refractivity contribution in [1.82, 2.24) is 5.32 Å². The third-order valence-corrected chi connectivity index (χ3v) is 9.70. The second-order valence-electron chi connectivity index (χ2n) is 14.5. The van der Waals surface area contributed by atoms with Gasteiger partial charge in [-0.3, -0.25) is 4.79 Å². The van der Waals surface area contributed by atoms with Gasteiger partial charge in [0, 0.05) is 6.42 Å². The lowest BCUT2D eigenvalue weighted by Crippen LogP contribution is -2.50. The van der Waals surface area contributed by atoms with Crippen molar-refractivity contribution in [2.45, 2.75) is 231 Å². The van der Waals surface area contributed by atoms with Crippen LogP contribution in [-0.2, 0) is 4.79 Å². The fraction of sp³-hybridized carbons (Fsp3) is 0.841. The highest BCUT2D eigenvalue weighted by Gasteiger charge is 2.26. The van der Waals surface area contributed by atoms with Crippen LogP contribution in [0, 0.1) is 0 Å². The predicted octanol–water partition coefficient (Wildman–Crippen LogP) is 12.0. The Kier molecular flexibility index (Phi) is 38.2. The smallest absolute Gasteiger partial charge is 0.220 e. The van der Waals surface area contributed by atoms with Crippen LogP contribution in [0.1, 0.15) is 213 Å².